The Morgan fingerprint density at radius 2 is 1.54 bits per heavy atom. The molecule has 0 N–H and O–H groups in total. The van der Waals surface area contributed by atoms with E-state index in [4.69, 9.17) is 0 Å². The number of pyridine rings is 1. The van der Waals surface area contributed by atoms with E-state index in [-0.39, 0.29) is 16.9 Å². The lowest BCUT2D eigenvalue weighted by atomic mass is 9.90. The average Bonchev–Trinajstić information content (AvgIpc) is 3.02. The molecule has 0 fully saturated rings. The molecule has 28 heavy (non-hydrogen) atoms. The zero-order valence-corrected chi connectivity index (χ0v) is 15.1. The van der Waals surface area contributed by atoms with Crippen LogP contribution >= 0.6 is 0 Å². The first kappa shape index (κ1) is 17.5. The van der Waals surface area contributed by atoms with Crippen molar-refractivity contribution in [3.63, 3.8) is 0 Å². The highest BCUT2D eigenvalue weighted by atomic mass is 16.2. The van der Waals surface area contributed by atoms with Gasteiger partial charge in [0.15, 0.2) is 5.78 Å². The molecule has 1 aliphatic heterocycles. The number of nitrogens with zero attached hydrogens (tertiary/aromatic N) is 2. The number of fused-ring (bicyclic) bond motifs is 1. The fourth-order valence-electron chi connectivity index (χ4n) is 3.41. The molecule has 0 bridgehead atoms. The number of imide groups is 1. The molecule has 0 atom stereocenters. The molecule has 0 saturated carbocycles. The first-order valence-electron chi connectivity index (χ1n) is 8.78. The maximum absolute atomic E-state index is 13.4. The smallest absolute Gasteiger partial charge is 0.266 e. The molecule has 0 spiro atoms. The molecule has 4 rings (SSSR count). The van der Waals surface area contributed by atoms with Crippen LogP contribution in [0.4, 0.5) is 5.69 Å². The molecule has 136 valence electrons. The van der Waals surface area contributed by atoms with Gasteiger partial charge in [0.2, 0.25) is 5.91 Å². The number of amides is 2. The van der Waals surface area contributed by atoms with Gasteiger partial charge in [-0.2, -0.15) is 0 Å². The van der Waals surface area contributed by atoms with Gasteiger partial charge in [-0.3, -0.25) is 19.4 Å². The van der Waals surface area contributed by atoms with E-state index in [0.717, 1.165) is 4.90 Å². The van der Waals surface area contributed by atoms with E-state index >= 15 is 0 Å². The predicted octanol–water partition coefficient (Wildman–Crippen LogP) is 3.77. The summed E-state index contributed by atoms with van der Waals surface area (Å²) in [6.45, 7) is 1.34. The van der Waals surface area contributed by atoms with Gasteiger partial charge in [-0.15, -0.1) is 0 Å². The Labute approximate surface area is 162 Å². The number of carbonyl (C=O) groups is 3. The lowest BCUT2D eigenvalue weighted by Crippen LogP contribution is -2.31. The molecule has 0 aliphatic carbocycles. The number of para-hydroxylation sites is 1. The number of Topliss-reactive ketones (excluding diaryl/α,β-unsaturated/α-hetero) is 1. The van der Waals surface area contributed by atoms with Crippen molar-refractivity contribution in [1.29, 1.82) is 0 Å². The van der Waals surface area contributed by atoms with Crippen molar-refractivity contribution in [2.24, 2.45) is 0 Å². The zero-order valence-electron chi connectivity index (χ0n) is 15.1. The maximum Gasteiger partial charge on any atom is 0.266 e. The fraction of sp³-hybridized carbons (Fsp3) is 0.0435. The summed E-state index contributed by atoms with van der Waals surface area (Å²) in [6.07, 6.45) is 3.06. The Bertz CT molecular complexity index is 1120. The van der Waals surface area contributed by atoms with Gasteiger partial charge in [-0.05, 0) is 23.8 Å². The van der Waals surface area contributed by atoms with Crippen LogP contribution in [0.1, 0.15) is 28.4 Å². The van der Waals surface area contributed by atoms with Crippen molar-refractivity contribution in [1.82, 2.24) is 4.98 Å². The highest BCUT2D eigenvalue weighted by Crippen LogP contribution is 2.41. The van der Waals surface area contributed by atoms with Gasteiger partial charge in [0, 0.05) is 36.0 Å². The lowest BCUT2D eigenvalue weighted by molar-refractivity contribution is -0.122. The number of benzene rings is 2. The van der Waals surface area contributed by atoms with E-state index in [9.17, 15) is 14.4 Å². The average molecular weight is 368 g/mol. The van der Waals surface area contributed by atoms with Crippen molar-refractivity contribution < 1.29 is 14.4 Å². The van der Waals surface area contributed by atoms with Crippen LogP contribution in [-0.4, -0.2) is 22.6 Å². The third kappa shape index (κ3) is 2.83. The SMILES string of the molecule is CC(=O)N1C(=O)/C(=C(\C(=O)c2cccnc2)c2ccccc2)c2ccccc21. The number of anilines is 1. The van der Waals surface area contributed by atoms with Crippen LogP contribution < -0.4 is 4.90 Å². The number of ketones is 1. The number of hydrogen-bond acceptors (Lipinski definition) is 4. The second kappa shape index (κ2) is 7.04. The largest absolute Gasteiger partial charge is 0.289 e. The summed E-state index contributed by atoms with van der Waals surface area (Å²) < 4.78 is 0. The van der Waals surface area contributed by atoms with Crippen LogP contribution in [-0.2, 0) is 9.59 Å². The normalized spacial score (nSPS) is 14.6. The van der Waals surface area contributed by atoms with E-state index in [1.807, 2.05) is 6.07 Å². The number of aromatic nitrogens is 1. The third-order valence-electron chi connectivity index (χ3n) is 4.61. The highest BCUT2D eigenvalue weighted by Gasteiger charge is 2.38. The highest BCUT2D eigenvalue weighted by molar-refractivity contribution is 6.51. The van der Waals surface area contributed by atoms with Crippen molar-refractivity contribution in [2.45, 2.75) is 6.92 Å². The molecule has 5 nitrogen and oxygen atoms in total. The topological polar surface area (TPSA) is 67.3 Å². The standard InChI is InChI=1S/C23H16N2O3/c1-15(26)25-19-12-6-5-11-18(19)21(23(25)28)20(16-8-3-2-4-9-16)22(27)17-10-7-13-24-14-17/h2-14H,1H3/b21-20-. The van der Waals surface area contributed by atoms with Crippen molar-refractivity contribution in [2.75, 3.05) is 4.90 Å². The number of allylic oxidation sites excluding steroid dienone is 1. The van der Waals surface area contributed by atoms with Crippen LogP contribution in [0, 0.1) is 0 Å². The van der Waals surface area contributed by atoms with Crippen LogP contribution in [0.25, 0.3) is 11.1 Å². The van der Waals surface area contributed by atoms with Gasteiger partial charge in [0.05, 0.1) is 11.3 Å². The van der Waals surface area contributed by atoms with Crippen molar-refractivity contribution >= 4 is 34.4 Å². The molecule has 2 heterocycles. The molecule has 0 radical (unpaired) electrons. The number of rotatable bonds is 3. The minimum absolute atomic E-state index is 0.228. The molecule has 2 aromatic carbocycles. The fourth-order valence-corrected chi connectivity index (χ4v) is 3.41. The van der Waals surface area contributed by atoms with E-state index in [1.54, 1.807) is 66.9 Å². The molecule has 1 aromatic heterocycles. The molecular formula is C23H16N2O3. The molecule has 1 aliphatic rings. The Morgan fingerprint density at radius 3 is 2.21 bits per heavy atom. The second-order valence-corrected chi connectivity index (χ2v) is 6.36. The summed E-state index contributed by atoms with van der Waals surface area (Å²) in [4.78, 5) is 43.9. The Kier molecular flexibility index (Phi) is 4.41. The summed E-state index contributed by atoms with van der Waals surface area (Å²) in [6, 6.07) is 19.4. The first-order chi connectivity index (χ1) is 13.6. The summed E-state index contributed by atoms with van der Waals surface area (Å²) in [5.41, 5.74) is 2.53. The van der Waals surface area contributed by atoms with Crippen LogP contribution in [0.2, 0.25) is 0 Å². The molecule has 0 unspecified atom stereocenters. The molecule has 2 amide bonds. The summed E-state index contributed by atoms with van der Waals surface area (Å²) in [5, 5.41) is 0. The minimum Gasteiger partial charge on any atom is -0.289 e. The number of hydrogen-bond donors (Lipinski definition) is 0. The number of carbonyl (C=O) groups excluding carboxylic acids is 3. The van der Waals surface area contributed by atoms with Crippen LogP contribution in [0.5, 0.6) is 0 Å². The van der Waals surface area contributed by atoms with E-state index in [2.05, 4.69) is 4.98 Å². The van der Waals surface area contributed by atoms with Gasteiger partial charge in [-0.1, -0.05) is 48.5 Å². The van der Waals surface area contributed by atoms with Crippen LogP contribution in [0.15, 0.2) is 79.1 Å². The zero-order chi connectivity index (χ0) is 19.7. The van der Waals surface area contributed by atoms with Gasteiger partial charge in [0.1, 0.15) is 0 Å². The minimum atomic E-state index is -0.496. The van der Waals surface area contributed by atoms with Gasteiger partial charge < -0.3 is 0 Å². The monoisotopic (exact) mass is 368 g/mol. The summed E-state index contributed by atoms with van der Waals surface area (Å²) in [5.74, 6) is -1.21. The molecular weight excluding hydrogens is 352 g/mol. The van der Waals surface area contributed by atoms with Crippen molar-refractivity contribution in [3.8, 4) is 0 Å². The molecule has 5 heteroatoms. The summed E-state index contributed by atoms with van der Waals surface area (Å²) >= 11 is 0. The van der Waals surface area contributed by atoms with E-state index < -0.39 is 11.8 Å². The molecule has 3 aromatic rings. The predicted molar refractivity (Wildman–Crippen MR) is 106 cm³/mol. The Balaban J connectivity index is 2.04. The molecule has 0 saturated heterocycles. The quantitative estimate of drug-likeness (QED) is 0.521. The Hall–Kier alpha value is -3.86. The second-order valence-electron chi connectivity index (χ2n) is 6.36. The van der Waals surface area contributed by atoms with E-state index in [1.165, 1.54) is 13.1 Å². The summed E-state index contributed by atoms with van der Waals surface area (Å²) in [7, 11) is 0. The lowest BCUT2D eigenvalue weighted by Gasteiger charge is -2.13. The van der Waals surface area contributed by atoms with Crippen LogP contribution in [0.3, 0.4) is 0 Å². The first-order valence-corrected chi connectivity index (χ1v) is 8.78. The van der Waals surface area contributed by atoms with Gasteiger partial charge in [-0.25, -0.2) is 4.90 Å². The Morgan fingerprint density at radius 1 is 0.857 bits per heavy atom. The van der Waals surface area contributed by atoms with Crippen molar-refractivity contribution in [3.05, 3.63) is 95.8 Å². The van der Waals surface area contributed by atoms with Gasteiger partial charge in [0.25, 0.3) is 5.91 Å². The van der Waals surface area contributed by atoms with E-state index in [0.29, 0.717) is 22.4 Å². The van der Waals surface area contributed by atoms with Gasteiger partial charge >= 0.3 is 0 Å². The third-order valence-corrected chi connectivity index (χ3v) is 4.61. The maximum atomic E-state index is 13.4.